The number of benzene rings is 3. The highest BCUT2D eigenvalue weighted by atomic mass is 16.3. The van der Waals surface area contributed by atoms with E-state index in [2.05, 4.69) is 20.4 Å². The molecule has 3 aromatic carbocycles. The number of nitrogens with zero attached hydrogens (tertiary/aromatic N) is 4. The first-order valence-corrected chi connectivity index (χ1v) is 10.7. The van der Waals surface area contributed by atoms with Crippen molar-refractivity contribution in [2.45, 2.75) is 13.8 Å². The Morgan fingerprint density at radius 3 is 2.41 bits per heavy atom. The zero-order valence-electron chi connectivity index (χ0n) is 18.6. The van der Waals surface area contributed by atoms with Crippen molar-refractivity contribution >= 4 is 45.8 Å². The van der Waals surface area contributed by atoms with Gasteiger partial charge in [-0.05, 0) is 66.9 Å². The summed E-state index contributed by atoms with van der Waals surface area (Å²) in [7, 11) is 0. The summed E-state index contributed by atoms with van der Waals surface area (Å²) in [5, 5.41) is 17.1. The number of rotatable bonds is 4. The van der Waals surface area contributed by atoms with E-state index in [4.69, 9.17) is 5.73 Å². The number of phenols is 1. The number of hydrogen-bond acceptors (Lipinski definition) is 6. The van der Waals surface area contributed by atoms with E-state index < -0.39 is 5.91 Å². The second kappa shape index (κ2) is 8.32. The number of nitrogens with two attached hydrogens (primary N) is 1. The number of amides is 1. The molecular weight excluding hydrogens is 428 g/mol. The highest BCUT2D eigenvalue weighted by Crippen LogP contribution is 2.29. The van der Waals surface area contributed by atoms with Crippen LogP contribution in [0, 0.1) is 13.8 Å². The van der Waals surface area contributed by atoms with Gasteiger partial charge in [0.05, 0.1) is 17.2 Å². The van der Waals surface area contributed by atoms with E-state index in [-0.39, 0.29) is 17.1 Å². The number of nitrogen functional groups attached to an aromatic ring is 1. The molecule has 0 saturated heterocycles. The van der Waals surface area contributed by atoms with Gasteiger partial charge in [-0.1, -0.05) is 30.3 Å². The number of nitrogens with one attached hydrogen (secondary N) is 1. The fourth-order valence-corrected chi connectivity index (χ4v) is 3.96. The van der Waals surface area contributed by atoms with Gasteiger partial charge in [0, 0.05) is 5.69 Å². The van der Waals surface area contributed by atoms with Gasteiger partial charge in [0.1, 0.15) is 22.6 Å². The molecule has 5 rings (SSSR count). The predicted molar refractivity (Wildman–Crippen MR) is 134 cm³/mol. The van der Waals surface area contributed by atoms with Gasteiger partial charge < -0.3 is 16.2 Å². The Labute approximate surface area is 195 Å². The summed E-state index contributed by atoms with van der Waals surface area (Å²) in [4.78, 5) is 22.8. The van der Waals surface area contributed by atoms with Crippen LogP contribution in [0.3, 0.4) is 0 Å². The smallest absolute Gasteiger partial charge is 0.261 e. The lowest BCUT2D eigenvalue weighted by Gasteiger charge is -2.08. The van der Waals surface area contributed by atoms with Gasteiger partial charge in [-0.25, -0.2) is 9.97 Å². The van der Waals surface area contributed by atoms with Crippen LogP contribution in [0.4, 0.5) is 11.5 Å². The van der Waals surface area contributed by atoms with Gasteiger partial charge in [-0.15, -0.1) is 0 Å². The summed E-state index contributed by atoms with van der Waals surface area (Å²) >= 11 is 0. The van der Waals surface area contributed by atoms with Crippen LogP contribution < -0.4 is 11.1 Å². The summed E-state index contributed by atoms with van der Waals surface area (Å²) in [6, 6.07) is 19.8. The molecular formula is C26H22N6O2. The molecule has 4 N–H and O–H groups in total. The third-order valence-electron chi connectivity index (χ3n) is 5.37. The molecule has 2 aromatic heterocycles. The first-order chi connectivity index (χ1) is 16.4. The molecule has 0 atom stereocenters. The molecule has 0 unspecified atom stereocenters. The van der Waals surface area contributed by atoms with Gasteiger partial charge >= 0.3 is 0 Å². The summed E-state index contributed by atoms with van der Waals surface area (Å²) < 4.78 is 1.40. The minimum absolute atomic E-state index is 0.114. The van der Waals surface area contributed by atoms with Crippen molar-refractivity contribution in [2.24, 2.45) is 5.10 Å². The Hall–Kier alpha value is -4.72. The van der Waals surface area contributed by atoms with E-state index in [0.29, 0.717) is 33.4 Å². The second-order valence-electron chi connectivity index (χ2n) is 8.13. The number of para-hydroxylation sites is 2. The standard InChI is InChI=1S/C26H22N6O2/c1-15-10-16(2)12-18(11-15)29-26(34)22-23-25(31-21-9-4-3-8-20(21)30-23)32(24(22)27)28-14-17-6-5-7-19(33)13-17/h3-14,33H,27H2,1-2H3,(H,29,34)/b28-14+. The molecule has 0 saturated carbocycles. The van der Waals surface area contributed by atoms with Crippen molar-refractivity contribution in [3.8, 4) is 5.75 Å². The third-order valence-corrected chi connectivity index (χ3v) is 5.37. The Kier molecular flexibility index (Phi) is 5.18. The van der Waals surface area contributed by atoms with Crippen LogP contribution in [0.5, 0.6) is 5.75 Å². The van der Waals surface area contributed by atoms with Crippen molar-refractivity contribution in [1.29, 1.82) is 0 Å². The van der Waals surface area contributed by atoms with Gasteiger partial charge in [-0.3, -0.25) is 4.79 Å². The minimum Gasteiger partial charge on any atom is -0.508 e. The van der Waals surface area contributed by atoms with E-state index in [9.17, 15) is 9.90 Å². The van der Waals surface area contributed by atoms with Crippen molar-refractivity contribution in [3.05, 3.63) is 89.0 Å². The maximum absolute atomic E-state index is 13.4. The SMILES string of the molecule is Cc1cc(C)cc(NC(=O)c2c(N)n(/N=C/c3cccc(O)c3)c3nc4ccccc4nc23)c1. The molecule has 0 aliphatic rings. The average molecular weight is 451 g/mol. The zero-order valence-corrected chi connectivity index (χ0v) is 18.6. The van der Waals surface area contributed by atoms with Crippen molar-refractivity contribution in [3.63, 3.8) is 0 Å². The summed E-state index contributed by atoms with van der Waals surface area (Å²) in [6.07, 6.45) is 1.54. The molecule has 5 aromatic rings. The Morgan fingerprint density at radius 1 is 1.00 bits per heavy atom. The topological polar surface area (TPSA) is 118 Å². The molecule has 8 heteroatoms. The lowest BCUT2D eigenvalue weighted by Crippen LogP contribution is -2.14. The van der Waals surface area contributed by atoms with Crippen LogP contribution in [0.1, 0.15) is 27.0 Å². The highest BCUT2D eigenvalue weighted by molar-refractivity contribution is 6.16. The molecule has 0 aliphatic heterocycles. The Morgan fingerprint density at radius 2 is 1.71 bits per heavy atom. The van der Waals surface area contributed by atoms with Gasteiger partial charge in [0.2, 0.25) is 0 Å². The minimum atomic E-state index is -0.400. The van der Waals surface area contributed by atoms with E-state index in [1.54, 1.807) is 24.3 Å². The lowest BCUT2D eigenvalue weighted by atomic mass is 10.1. The number of carbonyl (C=O) groups excluding carboxylic acids is 1. The molecule has 0 bridgehead atoms. The summed E-state index contributed by atoms with van der Waals surface area (Å²) in [5.74, 6) is -0.166. The van der Waals surface area contributed by atoms with E-state index in [1.807, 2.05) is 56.3 Å². The van der Waals surface area contributed by atoms with E-state index in [0.717, 1.165) is 11.1 Å². The van der Waals surface area contributed by atoms with Crippen molar-refractivity contribution in [2.75, 3.05) is 11.1 Å². The van der Waals surface area contributed by atoms with Gasteiger partial charge in [0.15, 0.2) is 5.65 Å². The number of hydrogen-bond donors (Lipinski definition) is 3. The molecule has 34 heavy (non-hydrogen) atoms. The van der Waals surface area contributed by atoms with Gasteiger partial charge in [-0.2, -0.15) is 9.78 Å². The average Bonchev–Trinajstić information content (AvgIpc) is 3.05. The molecule has 2 heterocycles. The fourth-order valence-electron chi connectivity index (χ4n) is 3.96. The maximum atomic E-state index is 13.4. The quantitative estimate of drug-likeness (QED) is 0.345. The molecule has 0 aliphatic carbocycles. The molecule has 0 radical (unpaired) electrons. The van der Waals surface area contributed by atoms with Crippen LogP contribution in [-0.4, -0.2) is 31.9 Å². The molecule has 168 valence electrons. The highest BCUT2D eigenvalue weighted by Gasteiger charge is 2.24. The number of anilines is 2. The van der Waals surface area contributed by atoms with Crippen LogP contribution in [-0.2, 0) is 0 Å². The molecule has 1 amide bonds. The number of carbonyl (C=O) groups is 1. The maximum Gasteiger partial charge on any atom is 0.261 e. The number of aryl methyl sites for hydroxylation is 2. The summed E-state index contributed by atoms with van der Waals surface area (Å²) in [5.41, 5.74) is 12.1. The molecule has 0 fully saturated rings. The number of aromatic hydroxyl groups is 1. The summed E-state index contributed by atoms with van der Waals surface area (Å²) in [6.45, 7) is 3.94. The Balaban J connectivity index is 1.66. The number of phenolic OH excluding ortho intramolecular Hbond substituents is 1. The molecule has 0 spiro atoms. The monoisotopic (exact) mass is 450 g/mol. The number of fused-ring (bicyclic) bond motifs is 2. The Bertz CT molecular complexity index is 1580. The van der Waals surface area contributed by atoms with E-state index in [1.165, 1.54) is 10.9 Å². The normalized spacial score (nSPS) is 11.5. The fraction of sp³-hybridized carbons (Fsp3) is 0.0769. The predicted octanol–water partition coefficient (Wildman–Crippen LogP) is 4.62. The lowest BCUT2D eigenvalue weighted by molar-refractivity contribution is 0.102. The zero-order chi connectivity index (χ0) is 23.8. The van der Waals surface area contributed by atoms with Crippen LogP contribution in [0.2, 0.25) is 0 Å². The number of aromatic nitrogens is 3. The first kappa shape index (κ1) is 21.1. The van der Waals surface area contributed by atoms with Crippen molar-refractivity contribution < 1.29 is 9.90 Å². The second-order valence-corrected chi connectivity index (χ2v) is 8.13. The van der Waals surface area contributed by atoms with Crippen LogP contribution >= 0.6 is 0 Å². The largest absolute Gasteiger partial charge is 0.508 e. The van der Waals surface area contributed by atoms with Crippen LogP contribution in [0.25, 0.3) is 22.2 Å². The first-order valence-electron chi connectivity index (χ1n) is 10.7. The van der Waals surface area contributed by atoms with Gasteiger partial charge in [0.25, 0.3) is 5.91 Å². The van der Waals surface area contributed by atoms with E-state index >= 15 is 0 Å². The van der Waals surface area contributed by atoms with Crippen LogP contribution in [0.15, 0.2) is 71.8 Å². The molecule has 8 nitrogen and oxygen atoms in total. The third kappa shape index (κ3) is 3.93. The van der Waals surface area contributed by atoms with Crippen molar-refractivity contribution in [1.82, 2.24) is 14.6 Å².